The van der Waals surface area contributed by atoms with Gasteiger partial charge < -0.3 is 54.1 Å². The summed E-state index contributed by atoms with van der Waals surface area (Å²) in [5, 5.41) is 0. The third kappa shape index (κ3) is 13.9. The van der Waals surface area contributed by atoms with Gasteiger partial charge >= 0.3 is 0 Å². The van der Waals surface area contributed by atoms with E-state index in [1.807, 2.05) is 146 Å². The molecule has 0 aliphatic carbocycles. The number of ether oxygens (including phenoxy) is 9. The van der Waals surface area contributed by atoms with E-state index < -0.39 is 11.6 Å². The van der Waals surface area contributed by atoms with E-state index in [0.717, 1.165) is 0 Å². The van der Waals surface area contributed by atoms with Crippen LogP contribution < -0.4 is 54.1 Å². The molecule has 0 unspecified atom stereocenters. The Morgan fingerprint density at radius 2 is 0.424 bits per heavy atom. The van der Waals surface area contributed by atoms with Gasteiger partial charge in [-0.25, -0.2) is 8.78 Å². The van der Waals surface area contributed by atoms with Gasteiger partial charge in [0.2, 0.25) is 0 Å². The highest BCUT2D eigenvalue weighted by Crippen LogP contribution is 2.49. The molecule has 0 heterocycles. The van der Waals surface area contributed by atoms with E-state index in [9.17, 15) is 8.78 Å². The summed E-state index contributed by atoms with van der Waals surface area (Å²) in [6, 6.07) is 81.0. The Morgan fingerprint density at radius 1 is 0.200 bits per heavy atom. The molecule has 0 aromatic heterocycles. The highest BCUT2D eigenvalue weighted by Gasteiger charge is 2.22. The van der Waals surface area contributed by atoms with Gasteiger partial charge in [-0.05, 0) is 157 Å². The van der Waals surface area contributed by atoms with Gasteiger partial charge in [0.15, 0.2) is 0 Å². The first-order valence-electron chi connectivity index (χ1n) is 26.8. The normalized spacial score (nSPS) is 10.8. The molecule has 12 aromatic carbocycles. The maximum atomic E-state index is 14.2. The predicted octanol–water partition coefficient (Wildman–Crippen LogP) is 20.6. The summed E-state index contributed by atoms with van der Waals surface area (Å²) in [6.45, 7) is 0. The molecule has 0 saturated heterocycles. The minimum atomic E-state index is -0.429. The zero-order chi connectivity index (χ0) is 57.9. The fraction of sp³-hybridized carbons (Fsp3) is 0. The maximum Gasteiger partial charge on any atom is 0.139 e. The summed E-state index contributed by atoms with van der Waals surface area (Å²) in [7, 11) is 0. The minimum absolute atomic E-state index is 0.324. The van der Waals surface area contributed by atoms with Crippen molar-refractivity contribution in [3.8, 4) is 126 Å². The van der Waals surface area contributed by atoms with E-state index in [1.54, 1.807) is 109 Å². The summed E-state index contributed by atoms with van der Waals surface area (Å²) in [4.78, 5) is 0. The van der Waals surface area contributed by atoms with E-state index >= 15 is 0 Å². The minimum Gasteiger partial charge on any atom is -0.457 e. The molecule has 0 spiro atoms. The van der Waals surface area contributed by atoms with Crippen molar-refractivity contribution in [1.29, 1.82) is 0 Å². The first-order chi connectivity index (χ1) is 41.6. The SMILES string of the molecule is Nc1cccc(Oc2cccc(Oc3cccc(-c4c(Oc5cccc(Oc6cccc(F)c6)c5)cccc4Oc4cccc(Oc5cccc(Oc6cccc(F)c6)c5)c4-c4cccc(Oc5cccc(Oc6cccc(N)c6)c5)c4)c3)c2)c1. The van der Waals surface area contributed by atoms with Crippen LogP contribution in [0.4, 0.5) is 20.2 Å². The molecule has 11 nitrogen and oxygen atoms in total. The third-order valence-corrected chi connectivity index (χ3v) is 12.8. The van der Waals surface area contributed by atoms with E-state index in [1.165, 1.54) is 24.3 Å². The second-order valence-corrected chi connectivity index (χ2v) is 19.2. The third-order valence-electron chi connectivity index (χ3n) is 12.8. The lowest BCUT2D eigenvalue weighted by molar-refractivity contribution is 0.448. The smallest absolute Gasteiger partial charge is 0.139 e. The van der Waals surface area contributed by atoms with Crippen LogP contribution in [0.5, 0.6) is 103 Å². The standard InChI is InChI=1S/C72H50F2N2O9/c73-49-15-3-21-55(39-49)79-63-29-9-31-65(45-63)83-67-33-11-35-69(71(67)47-13-1-19-53(37-47)77-59-25-7-27-61(43-59)81-57-23-5-17-51(75)41-57)85-70-36-12-34-68(84-66-32-10-30-64(46-66)80-56-22-4-16-50(74)40-56)72(70)48-14-2-20-54(38-48)78-60-26-8-28-62(44-60)82-58-24-6-18-52(76)42-58/h1-46H,75-76H2. The lowest BCUT2D eigenvalue weighted by Gasteiger charge is -2.20. The number of halogens is 2. The number of hydrogen-bond donors (Lipinski definition) is 2. The Bertz CT molecular complexity index is 4070. The van der Waals surface area contributed by atoms with Crippen molar-refractivity contribution in [3.63, 3.8) is 0 Å². The van der Waals surface area contributed by atoms with Crippen LogP contribution in [-0.4, -0.2) is 0 Å². The van der Waals surface area contributed by atoms with Gasteiger partial charge in [0, 0.05) is 59.9 Å². The maximum absolute atomic E-state index is 14.2. The quantitative estimate of drug-likeness (QED) is 0.0706. The molecule has 0 atom stereocenters. The Hall–Kier alpha value is -11.7. The zero-order valence-corrected chi connectivity index (χ0v) is 45.1. The molecule has 0 bridgehead atoms. The molecule has 4 N–H and O–H groups in total. The van der Waals surface area contributed by atoms with Crippen LogP contribution in [0.2, 0.25) is 0 Å². The van der Waals surface area contributed by atoms with E-state index in [2.05, 4.69) is 0 Å². The monoisotopic (exact) mass is 1120 g/mol. The molecule has 0 aliphatic heterocycles. The number of nitrogen functional groups attached to an aromatic ring is 2. The first kappa shape index (κ1) is 53.9. The second-order valence-electron chi connectivity index (χ2n) is 19.2. The Morgan fingerprint density at radius 3 is 0.729 bits per heavy atom. The molecular formula is C72H50F2N2O9. The van der Waals surface area contributed by atoms with Crippen molar-refractivity contribution < 1.29 is 51.4 Å². The summed E-state index contributed by atoms with van der Waals surface area (Å²) >= 11 is 0. The number of anilines is 2. The van der Waals surface area contributed by atoms with Crippen molar-refractivity contribution in [2.24, 2.45) is 0 Å². The molecule has 12 rings (SSSR count). The number of nitrogens with two attached hydrogens (primary N) is 2. The zero-order valence-electron chi connectivity index (χ0n) is 45.1. The molecule has 85 heavy (non-hydrogen) atoms. The predicted molar refractivity (Wildman–Crippen MR) is 325 cm³/mol. The van der Waals surface area contributed by atoms with Gasteiger partial charge in [-0.1, -0.05) is 84.9 Å². The Labute approximate surface area is 488 Å². The van der Waals surface area contributed by atoms with Gasteiger partial charge in [-0.2, -0.15) is 0 Å². The fourth-order valence-electron chi connectivity index (χ4n) is 9.17. The average molecular weight is 1130 g/mol. The van der Waals surface area contributed by atoms with Crippen LogP contribution in [0, 0.1) is 11.6 Å². The average Bonchev–Trinajstić information content (AvgIpc) is 3.68. The van der Waals surface area contributed by atoms with Crippen LogP contribution in [0.25, 0.3) is 22.3 Å². The largest absolute Gasteiger partial charge is 0.457 e. The topological polar surface area (TPSA) is 135 Å². The Balaban J connectivity index is 0.929. The van der Waals surface area contributed by atoms with Crippen molar-refractivity contribution >= 4 is 11.4 Å². The lowest BCUT2D eigenvalue weighted by atomic mass is 10.0. The number of hydrogen-bond acceptors (Lipinski definition) is 11. The molecule has 416 valence electrons. The van der Waals surface area contributed by atoms with Crippen molar-refractivity contribution in [3.05, 3.63) is 291 Å². The van der Waals surface area contributed by atoms with E-state index in [0.29, 0.717) is 137 Å². The second kappa shape index (κ2) is 25.0. The molecule has 0 aliphatic rings. The summed E-state index contributed by atoms with van der Waals surface area (Å²) in [5.41, 5.74) is 15.7. The van der Waals surface area contributed by atoms with Gasteiger partial charge in [0.25, 0.3) is 0 Å². The van der Waals surface area contributed by atoms with Gasteiger partial charge in [0.1, 0.15) is 115 Å². The highest BCUT2D eigenvalue weighted by molar-refractivity contribution is 5.82. The molecular weight excluding hydrogens is 1070 g/mol. The van der Waals surface area contributed by atoms with Gasteiger partial charge in [-0.3, -0.25) is 0 Å². The van der Waals surface area contributed by atoms with Crippen LogP contribution in [-0.2, 0) is 0 Å². The lowest BCUT2D eigenvalue weighted by Crippen LogP contribution is -1.97. The summed E-state index contributed by atoms with van der Waals surface area (Å²) in [5.74, 6) is 7.42. The summed E-state index contributed by atoms with van der Waals surface area (Å²) < 4.78 is 86.7. The summed E-state index contributed by atoms with van der Waals surface area (Å²) in [6.07, 6.45) is 0. The van der Waals surface area contributed by atoms with Crippen molar-refractivity contribution in [2.45, 2.75) is 0 Å². The van der Waals surface area contributed by atoms with Crippen LogP contribution in [0.15, 0.2) is 279 Å². The van der Waals surface area contributed by atoms with Crippen molar-refractivity contribution in [1.82, 2.24) is 0 Å². The number of benzene rings is 12. The van der Waals surface area contributed by atoms with Crippen LogP contribution in [0.3, 0.4) is 0 Å². The van der Waals surface area contributed by atoms with Crippen molar-refractivity contribution in [2.75, 3.05) is 11.5 Å². The van der Waals surface area contributed by atoms with E-state index in [-0.39, 0.29) is 0 Å². The van der Waals surface area contributed by atoms with E-state index in [4.69, 9.17) is 54.1 Å². The van der Waals surface area contributed by atoms with Crippen LogP contribution in [0.1, 0.15) is 0 Å². The molecule has 0 saturated carbocycles. The first-order valence-corrected chi connectivity index (χ1v) is 26.8. The Kier molecular flexibility index (Phi) is 15.8. The van der Waals surface area contributed by atoms with Gasteiger partial charge in [-0.15, -0.1) is 0 Å². The molecule has 0 radical (unpaired) electrons. The molecule has 0 amide bonds. The molecule has 13 heteroatoms. The highest BCUT2D eigenvalue weighted by atomic mass is 19.1. The van der Waals surface area contributed by atoms with Gasteiger partial charge in [0.05, 0.1) is 11.1 Å². The molecule has 0 fully saturated rings. The van der Waals surface area contributed by atoms with Crippen LogP contribution >= 0.6 is 0 Å². The fourth-order valence-corrected chi connectivity index (χ4v) is 9.17. The molecule has 12 aromatic rings. The number of rotatable bonds is 20.